The van der Waals surface area contributed by atoms with Gasteiger partial charge in [-0.05, 0) is 6.07 Å². The van der Waals surface area contributed by atoms with Gasteiger partial charge in [-0.3, -0.25) is 4.79 Å². The van der Waals surface area contributed by atoms with E-state index in [1.165, 1.54) is 6.92 Å². The number of carbonyl (C=O) groups is 1. The van der Waals surface area contributed by atoms with Crippen LogP contribution in [0, 0.1) is 0 Å². The van der Waals surface area contributed by atoms with Crippen LogP contribution in [0.25, 0.3) is 10.2 Å². The number of thiazole rings is 1. The molecule has 2 rings (SSSR count). The van der Waals surface area contributed by atoms with Crippen molar-refractivity contribution in [2.24, 2.45) is 0 Å². The van der Waals surface area contributed by atoms with Crippen LogP contribution in [0.15, 0.2) is 24.3 Å². The van der Waals surface area contributed by atoms with Crippen LogP contribution in [0.2, 0.25) is 0 Å². The van der Waals surface area contributed by atoms with E-state index < -0.39 is 9.50 Å². The van der Waals surface area contributed by atoms with Gasteiger partial charge in [0.2, 0.25) is 4.70 Å². The molecule has 0 aliphatic heterocycles. The van der Waals surface area contributed by atoms with E-state index in [1.54, 1.807) is 0 Å². The number of carbonyl (C=O) groups excluding carboxylic acids is 1. The standard InChI is InChI=1S/C9H8NO2S2/c1-6(11)12-9-10-7-4-2-3-5-8(7)14(9)13/h2-5,13H,1H3/q+1. The van der Waals surface area contributed by atoms with Gasteiger partial charge in [0.1, 0.15) is 26.7 Å². The molecule has 1 aromatic carbocycles. The second kappa shape index (κ2) is 3.59. The Morgan fingerprint density at radius 1 is 1.50 bits per heavy atom. The summed E-state index contributed by atoms with van der Waals surface area (Å²) in [7, 11) is -0.505. The van der Waals surface area contributed by atoms with Gasteiger partial charge in [0, 0.05) is 13.0 Å². The molecule has 1 atom stereocenters. The molecule has 0 fully saturated rings. The Bertz CT molecular complexity index is 493. The molecular formula is C9H8NO2S2+. The molecule has 1 unspecified atom stereocenters. The second-order valence-electron chi connectivity index (χ2n) is 2.72. The van der Waals surface area contributed by atoms with Crippen molar-refractivity contribution in [2.75, 3.05) is 0 Å². The first kappa shape index (κ1) is 9.48. The fourth-order valence-corrected chi connectivity index (χ4v) is 2.92. The number of rotatable bonds is 1. The molecule has 2 aromatic rings. The molecule has 0 aliphatic carbocycles. The van der Waals surface area contributed by atoms with Crippen LogP contribution >= 0.6 is 21.2 Å². The molecule has 72 valence electrons. The lowest BCUT2D eigenvalue weighted by Gasteiger charge is -1.87. The third kappa shape index (κ3) is 1.60. The van der Waals surface area contributed by atoms with Crippen LogP contribution in [0.5, 0.6) is 5.19 Å². The molecule has 5 heteroatoms. The van der Waals surface area contributed by atoms with Gasteiger partial charge in [-0.2, -0.15) is 4.98 Å². The minimum absolute atomic E-state index is 0.358. The first-order valence-electron chi connectivity index (χ1n) is 3.98. The van der Waals surface area contributed by atoms with Gasteiger partial charge < -0.3 is 4.74 Å². The summed E-state index contributed by atoms with van der Waals surface area (Å²) in [5.74, 6) is -0.358. The molecule has 0 N–H and O–H groups in total. The molecule has 0 spiro atoms. The number of para-hydroxylation sites is 1. The van der Waals surface area contributed by atoms with Gasteiger partial charge in [0.05, 0.1) is 0 Å². The van der Waals surface area contributed by atoms with Crippen molar-refractivity contribution in [3.8, 4) is 5.19 Å². The van der Waals surface area contributed by atoms with Crippen molar-refractivity contribution >= 4 is 37.3 Å². The average Bonchev–Trinajstić information content (AvgIpc) is 2.44. The lowest BCUT2D eigenvalue weighted by molar-refractivity contribution is -0.131. The predicted molar refractivity (Wildman–Crippen MR) is 59.9 cm³/mol. The minimum atomic E-state index is -0.505. The lowest BCUT2D eigenvalue weighted by Crippen LogP contribution is -2.00. The summed E-state index contributed by atoms with van der Waals surface area (Å²) < 4.78 is 5.96. The van der Waals surface area contributed by atoms with E-state index in [0.29, 0.717) is 5.19 Å². The smallest absolute Gasteiger partial charge is 0.364 e. The zero-order valence-corrected chi connectivity index (χ0v) is 9.14. The van der Waals surface area contributed by atoms with Crippen molar-refractivity contribution in [3.05, 3.63) is 24.3 Å². The first-order chi connectivity index (χ1) is 6.68. The Hall–Kier alpha value is -1.07. The fraction of sp³-hybridized carbons (Fsp3) is 0.111. The van der Waals surface area contributed by atoms with E-state index in [0.717, 1.165) is 10.2 Å². The topological polar surface area (TPSA) is 39.2 Å². The normalized spacial score (nSPS) is 11.7. The number of benzene rings is 1. The largest absolute Gasteiger partial charge is 0.456 e. The minimum Gasteiger partial charge on any atom is -0.364 e. The number of esters is 1. The van der Waals surface area contributed by atoms with Crippen LogP contribution in [-0.2, 0) is 4.79 Å². The van der Waals surface area contributed by atoms with Crippen LogP contribution < -0.4 is 4.74 Å². The van der Waals surface area contributed by atoms with Crippen molar-refractivity contribution in [1.82, 2.24) is 4.98 Å². The third-order valence-electron chi connectivity index (χ3n) is 1.68. The highest BCUT2D eigenvalue weighted by Crippen LogP contribution is 2.42. The molecule has 0 aliphatic rings. The number of nitrogens with zero attached hydrogens (tertiary/aromatic N) is 1. The number of ether oxygens (including phenoxy) is 1. The zero-order valence-electron chi connectivity index (χ0n) is 7.43. The van der Waals surface area contributed by atoms with Crippen molar-refractivity contribution in [3.63, 3.8) is 0 Å². The molecule has 0 saturated carbocycles. The van der Waals surface area contributed by atoms with Crippen molar-refractivity contribution in [2.45, 2.75) is 6.92 Å². The highest BCUT2D eigenvalue weighted by molar-refractivity contribution is 8.35. The first-order valence-corrected chi connectivity index (χ1v) is 6.25. The summed E-state index contributed by atoms with van der Waals surface area (Å²) in [6.45, 7) is 1.36. The quantitative estimate of drug-likeness (QED) is 0.351. The molecule has 14 heavy (non-hydrogen) atoms. The second-order valence-corrected chi connectivity index (χ2v) is 5.18. The van der Waals surface area contributed by atoms with Gasteiger partial charge >= 0.3 is 11.2 Å². The maximum atomic E-state index is 10.8. The Balaban J connectivity index is 2.57. The molecule has 0 amide bonds. The maximum Gasteiger partial charge on any atom is 0.456 e. The summed E-state index contributed by atoms with van der Waals surface area (Å²) in [4.78, 5) is 14.9. The van der Waals surface area contributed by atoms with Gasteiger partial charge in [-0.1, -0.05) is 12.1 Å². The summed E-state index contributed by atoms with van der Waals surface area (Å²) in [5.41, 5.74) is 0.835. The van der Waals surface area contributed by atoms with Crippen molar-refractivity contribution in [1.29, 1.82) is 0 Å². The van der Waals surface area contributed by atoms with Crippen LogP contribution in [-0.4, -0.2) is 11.0 Å². The monoisotopic (exact) mass is 226 g/mol. The third-order valence-corrected chi connectivity index (χ3v) is 4.01. The molecule has 0 bridgehead atoms. The number of thiol groups is 1. The summed E-state index contributed by atoms with van der Waals surface area (Å²) in [6, 6.07) is 7.62. The van der Waals surface area contributed by atoms with Crippen molar-refractivity contribution < 1.29 is 9.53 Å². The van der Waals surface area contributed by atoms with E-state index in [1.807, 2.05) is 24.3 Å². The number of hydrogen-bond donors (Lipinski definition) is 1. The molecule has 1 heterocycles. The Labute approximate surface area is 88.5 Å². The van der Waals surface area contributed by atoms with E-state index in [4.69, 9.17) is 4.74 Å². The number of aromatic nitrogens is 1. The highest BCUT2D eigenvalue weighted by Gasteiger charge is 2.22. The SMILES string of the molecule is CC(=O)Oc1nc2ccccc2[s+]1S. The van der Waals surface area contributed by atoms with E-state index >= 15 is 0 Å². The van der Waals surface area contributed by atoms with Crippen LogP contribution in [0.4, 0.5) is 0 Å². The maximum absolute atomic E-state index is 10.8. The van der Waals surface area contributed by atoms with E-state index in [2.05, 4.69) is 16.6 Å². The molecule has 0 saturated heterocycles. The lowest BCUT2D eigenvalue weighted by atomic mass is 10.3. The summed E-state index contributed by atoms with van der Waals surface area (Å²) in [6.07, 6.45) is 0. The van der Waals surface area contributed by atoms with Gasteiger partial charge in [0.15, 0.2) is 0 Å². The summed E-state index contributed by atoms with van der Waals surface area (Å²) >= 11 is 4.36. The summed E-state index contributed by atoms with van der Waals surface area (Å²) in [5, 5.41) is 0.391. The molecular weight excluding hydrogens is 218 g/mol. The Morgan fingerprint density at radius 2 is 2.21 bits per heavy atom. The number of hydrogen-bond acceptors (Lipinski definition) is 4. The zero-order chi connectivity index (χ0) is 10.1. The van der Waals surface area contributed by atoms with Crippen LogP contribution in [0.3, 0.4) is 0 Å². The van der Waals surface area contributed by atoms with E-state index in [9.17, 15) is 4.79 Å². The average molecular weight is 226 g/mol. The predicted octanol–water partition coefficient (Wildman–Crippen LogP) is 2.60. The Kier molecular flexibility index (Phi) is 2.43. The molecule has 1 aromatic heterocycles. The van der Waals surface area contributed by atoms with Gasteiger partial charge in [-0.25, -0.2) is 0 Å². The Morgan fingerprint density at radius 3 is 2.86 bits per heavy atom. The molecule has 0 radical (unpaired) electrons. The van der Waals surface area contributed by atoms with E-state index in [-0.39, 0.29) is 5.97 Å². The molecule has 3 nitrogen and oxygen atoms in total. The highest BCUT2D eigenvalue weighted by atomic mass is 33.1. The van der Waals surface area contributed by atoms with Crippen LogP contribution in [0.1, 0.15) is 6.92 Å². The fourth-order valence-electron chi connectivity index (χ4n) is 1.13. The van der Waals surface area contributed by atoms with Gasteiger partial charge in [0.25, 0.3) is 0 Å². The number of fused-ring (bicyclic) bond motifs is 1. The van der Waals surface area contributed by atoms with Gasteiger partial charge in [-0.15, -0.1) is 0 Å².